The van der Waals surface area contributed by atoms with Gasteiger partial charge in [0.25, 0.3) is 5.91 Å². The molecule has 130 valence electrons. The molecule has 1 unspecified atom stereocenters. The maximum atomic E-state index is 13.7. The molecule has 25 heavy (non-hydrogen) atoms. The van der Waals surface area contributed by atoms with Gasteiger partial charge in [-0.2, -0.15) is 0 Å². The van der Waals surface area contributed by atoms with Gasteiger partial charge in [0.2, 0.25) is 0 Å². The number of nitrogens with zero attached hydrogens (tertiary/aromatic N) is 3. The van der Waals surface area contributed by atoms with Crippen LogP contribution in [0, 0.1) is 18.7 Å². The van der Waals surface area contributed by atoms with E-state index in [-0.39, 0.29) is 11.7 Å². The average molecular weight is 339 g/mol. The molecule has 4 rings (SSSR count). The van der Waals surface area contributed by atoms with Crippen LogP contribution in [-0.4, -0.2) is 33.9 Å². The van der Waals surface area contributed by atoms with Gasteiger partial charge in [-0.15, -0.1) is 0 Å². The normalized spacial score (nSPS) is 20.1. The summed E-state index contributed by atoms with van der Waals surface area (Å²) >= 11 is 0. The van der Waals surface area contributed by atoms with E-state index in [0.717, 1.165) is 43.6 Å². The molecule has 1 saturated heterocycles. The Labute approximate surface area is 147 Å². The lowest BCUT2D eigenvalue weighted by Gasteiger charge is -2.16. The average Bonchev–Trinajstić information content (AvgIpc) is 3.37. The number of amides is 1. The molecular formula is C20H22FN3O. The molecule has 1 saturated carbocycles. The Kier molecular flexibility index (Phi) is 4.24. The van der Waals surface area contributed by atoms with Gasteiger partial charge >= 0.3 is 0 Å². The SMILES string of the molecule is Cc1ccc(CC2CCN(C(=O)c3cnc(C4CC4)nc3)C2)cc1F. The van der Waals surface area contributed by atoms with Crippen LogP contribution in [0.5, 0.6) is 0 Å². The number of halogens is 1. The van der Waals surface area contributed by atoms with E-state index in [9.17, 15) is 9.18 Å². The molecule has 1 aromatic heterocycles. The van der Waals surface area contributed by atoms with Crippen LogP contribution in [0.2, 0.25) is 0 Å². The number of carbonyl (C=O) groups is 1. The molecule has 2 aliphatic rings. The molecule has 0 radical (unpaired) electrons. The standard InChI is InChI=1S/C20H22FN3O/c1-13-2-3-14(9-18(13)21)8-15-6-7-24(12-15)20(25)17-10-22-19(23-11-17)16-4-5-16/h2-3,9-11,15-16H,4-8,12H2,1H3. The summed E-state index contributed by atoms with van der Waals surface area (Å²) in [6.07, 6.45) is 7.37. The van der Waals surface area contributed by atoms with Gasteiger partial charge in [0.05, 0.1) is 5.56 Å². The highest BCUT2D eigenvalue weighted by Gasteiger charge is 2.29. The molecule has 2 heterocycles. The van der Waals surface area contributed by atoms with E-state index >= 15 is 0 Å². The van der Waals surface area contributed by atoms with E-state index < -0.39 is 0 Å². The monoisotopic (exact) mass is 339 g/mol. The van der Waals surface area contributed by atoms with Gasteiger partial charge in [0.15, 0.2) is 0 Å². The smallest absolute Gasteiger partial charge is 0.256 e. The first-order chi connectivity index (χ1) is 12.1. The van der Waals surface area contributed by atoms with Gasteiger partial charge in [-0.3, -0.25) is 4.79 Å². The lowest BCUT2D eigenvalue weighted by molar-refractivity contribution is 0.0786. The second kappa shape index (κ2) is 6.54. The number of aryl methyl sites for hydroxylation is 1. The fourth-order valence-electron chi connectivity index (χ4n) is 3.46. The maximum absolute atomic E-state index is 13.7. The first kappa shape index (κ1) is 16.2. The Morgan fingerprint density at radius 3 is 2.68 bits per heavy atom. The van der Waals surface area contributed by atoms with Crippen molar-refractivity contribution in [3.63, 3.8) is 0 Å². The lowest BCUT2D eigenvalue weighted by atomic mass is 9.98. The molecule has 5 heteroatoms. The summed E-state index contributed by atoms with van der Waals surface area (Å²) in [6.45, 7) is 3.21. The van der Waals surface area contributed by atoms with Crippen molar-refractivity contribution >= 4 is 5.91 Å². The molecule has 0 spiro atoms. The summed E-state index contributed by atoms with van der Waals surface area (Å²) in [6, 6.07) is 5.42. The number of hydrogen-bond donors (Lipinski definition) is 0. The largest absolute Gasteiger partial charge is 0.338 e. The molecule has 1 atom stereocenters. The minimum atomic E-state index is -0.156. The van der Waals surface area contributed by atoms with Gasteiger partial charge in [0.1, 0.15) is 11.6 Å². The van der Waals surface area contributed by atoms with Crippen molar-refractivity contribution in [2.24, 2.45) is 5.92 Å². The zero-order valence-corrected chi connectivity index (χ0v) is 14.4. The highest BCUT2D eigenvalue weighted by molar-refractivity contribution is 5.93. The third-order valence-electron chi connectivity index (χ3n) is 5.19. The summed E-state index contributed by atoms with van der Waals surface area (Å²) in [4.78, 5) is 23.2. The number of hydrogen-bond acceptors (Lipinski definition) is 3. The van der Waals surface area contributed by atoms with Gasteiger partial charge < -0.3 is 4.90 Å². The second-order valence-electron chi connectivity index (χ2n) is 7.30. The Bertz CT molecular complexity index is 786. The molecular weight excluding hydrogens is 317 g/mol. The number of likely N-dealkylation sites (tertiary alicyclic amines) is 1. The van der Waals surface area contributed by atoms with Crippen LogP contribution in [0.4, 0.5) is 4.39 Å². The van der Waals surface area contributed by atoms with E-state index in [0.29, 0.717) is 29.5 Å². The van der Waals surface area contributed by atoms with Crippen LogP contribution < -0.4 is 0 Å². The summed E-state index contributed by atoms with van der Waals surface area (Å²) < 4.78 is 13.7. The summed E-state index contributed by atoms with van der Waals surface area (Å²) in [5.74, 6) is 1.57. The van der Waals surface area contributed by atoms with E-state index in [4.69, 9.17) is 0 Å². The van der Waals surface area contributed by atoms with E-state index in [2.05, 4.69) is 9.97 Å². The zero-order chi connectivity index (χ0) is 17.4. The Balaban J connectivity index is 1.37. The van der Waals surface area contributed by atoms with Gasteiger partial charge in [-0.25, -0.2) is 14.4 Å². The minimum Gasteiger partial charge on any atom is -0.338 e. The number of benzene rings is 1. The molecule has 1 aromatic carbocycles. The fourth-order valence-corrected chi connectivity index (χ4v) is 3.46. The van der Waals surface area contributed by atoms with Crippen LogP contribution in [0.3, 0.4) is 0 Å². The number of aromatic nitrogens is 2. The number of carbonyl (C=O) groups excluding carboxylic acids is 1. The Morgan fingerprint density at radius 1 is 1.24 bits per heavy atom. The summed E-state index contributed by atoms with van der Waals surface area (Å²) in [5, 5.41) is 0. The zero-order valence-electron chi connectivity index (χ0n) is 14.4. The van der Waals surface area contributed by atoms with Gasteiger partial charge in [0, 0.05) is 31.4 Å². The third kappa shape index (κ3) is 3.55. The quantitative estimate of drug-likeness (QED) is 0.856. The van der Waals surface area contributed by atoms with Crippen molar-refractivity contribution in [3.05, 3.63) is 58.9 Å². The van der Waals surface area contributed by atoms with Crippen molar-refractivity contribution in [1.82, 2.24) is 14.9 Å². The first-order valence-electron chi connectivity index (χ1n) is 8.96. The summed E-state index contributed by atoms with van der Waals surface area (Å²) in [7, 11) is 0. The van der Waals surface area contributed by atoms with Crippen LogP contribution in [0.15, 0.2) is 30.6 Å². The Morgan fingerprint density at radius 2 is 2.00 bits per heavy atom. The molecule has 2 aromatic rings. The fraction of sp³-hybridized carbons (Fsp3) is 0.450. The number of rotatable bonds is 4. The molecule has 1 amide bonds. The molecule has 0 bridgehead atoms. The van der Waals surface area contributed by atoms with E-state index in [1.54, 1.807) is 25.4 Å². The molecule has 1 aliphatic heterocycles. The van der Waals surface area contributed by atoms with Gasteiger partial charge in [-0.05, 0) is 55.7 Å². The minimum absolute atomic E-state index is 0.0000615. The summed E-state index contributed by atoms with van der Waals surface area (Å²) in [5.41, 5.74) is 2.23. The van der Waals surface area contributed by atoms with Crippen molar-refractivity contribution < 1.29 is 9.18 Å². The highest BCUT2D eigenvalue weighted by Crippen LogP contribution is 2.37. The third-order valence-corrected chi connectivity index (χ3v) is 5.19. The molecule has 1 aliphatic carbocycles. The van der Waals surface area contributed by atoms with E-state index in [1.165, 1.54) is 0 Å². The van der Waals surface area contributed by atoms with Gasteiger partial charge in [-0.1, -0.05) is 12.1 Å². The first-order valence-corrected chi connectivity index (χ1v) is 8.96. The predicted molar refractivity (Wildman–Crippen MR) is 92.9 cm³/mol. The highest BCUT2D eigenvalue weighted by atomic mass is 19.1. The molecule has 2 fully saturated rings. The van der Waals surface area contributed by atoms with Crippen LogP contribution in [0.1, 0.15) is 52.5 Å². The molecule has 0 N–H and O–H groups in total. The van der Waals surface area contributed by atoms with Crippen LogP contribution in [0.25, 0.3) is 0 Å². The van der Waals surface area contributed by atoms with Crippen molar-refractivity contribution in [3.8, 4) is 0 Å². The van der Waals surface area contributed by atoms with Crippen molar-refractivity contribution in [1.29, 1.82) is 0 Å². The van der Waals surface area contributed by atoms with Crippen molar-refractivity contribution in [2.75, 3.05) is 13.1 Å². The lowest BCUT2D eigenvalue weighted by Crippen LogP contribution is -2.29. The van der Waals surface area contributed by atoms with Crippen molar-refractivity contribution in [2.45, 2.75) is 38.5 Å². The second-order valence-corrected chi connectivity index (χ2v) is 7.30. The predicted octanol–water partition coefficient (Wildman–Crippen LogP) is 3.51. The van der Waals surface area contributed by atoms with Crippen LogP contribution >= 0.6 is 0 Å². The topological polar surface area (TPSA) is 46.1 Å². The van der Waals surface area contributed by atoms with Crippen LogP contribution in [-0.2, 0) is 6.42 Å². The van der Waals surface area contributed by atoms with E-state index in [1.807, 2.05) is 17.0 Å². The Hall–Kier alpha value is -2.30. The maximum Gasteiger partial charge on any atom is 0.256 e. The molecule has 4 nitrogen and oxygen atoms in total.